The van der Waals surface area contributed by atoms with E-state index in [4.69, 9.17) is 22.4 Å². The second-order valence-electron chi connectivity index (χ2n) is 15.5. The molecule has 0 aromatic carbocycles. The number of hydrogen-bond donors (Lipinski definition) is 0. The molecule has 2 rings (SSSR count). The van der Waals surface area contributed by atoms with Gasteiger partial charge in [0.15, 0.2) is 33.3 Å². The van der Waals surface area contributed by atoms with Gasteiger partial charge < -0.3 is 31.9 Å². The van der Waals surface area contributed by atoms with E-state index in [1.165, 1.54) is 0 Å². The van der Waals surface area contributed by atoms with Gasteiger partial charge >= 0.3 is 23.9 Å². The van der Waals surface area contributed by atoms with Gasteiger partial charge in [0.05, 0.1) is 51.1 Å². The van der Waals surface area contributed by atoms with Crippen LogP contribution in [0.3, 0.4) is 0 Å². The largest absolute Gasteiger partial charge is 0.455 e. The smallest absolute Gasteiger partial charge is 0.317 e. The van der Waals surface area contributed by atoms with Gasteiger partial charge in [-0.05, 0) is 102 Å². The molecule has 272 valence electrons. The predicted molar refractivity (Wildman–Crippen MR) is 190 cm³/mol. The first kappa shape index (κ1) is 42.1. The number of cyclic esters (lactones) is 4. The fourth-order valence-corrected chi connectivity index (χ4v) is 24.2. The molecule has 2 saturated heterocycles. The summed E-state index contributed by atoms with van der Waals surface area (Å²) in [5, 5.41) is 0. The molecule has 47 heavy (non-hydrogen) atoms. The van der Waals surface area contributed by atoms with Crippen LogP contribution >= 0.6 is 0 Å². The zero-order chi connectivity index (χ0) is 35.1. The Hall–Kier alpha value is -1.05. The van der Waals surface area contributed by atoms with Crippen LogP contribution in [-0.2, 0) is 51.1 Å². The Balaban J connectivity index is 1.42. The Labute approximate surface area is 286 Å². The molecule has 2 atom stereocenters. The van der Waals surface area contributed by atoms with Crippen LogP contribution in [0.5, 0.6) is 0 Å². The Bertz CT molecular complexity index is 941. The molecule has 0 aliphatic carbocycles. The highest BCUT2D eigenvalue weighted by molar-refractivity contribution is 6.85. The van der Waals surface area contributed by atoms with Crippen LogP contribution < -0.4 is 0 Å². The summed E-state index contributed by atoms with van der Waals surface area (Å²) in [6.45, 7) is 21.6. The van der Waals surface area contributed by atoms with E-state index in [1.54, 1.807) is 0 Å². The normalized spacial score (nSPS) is 19.5. The van der Waals surface area contributed by atoms with Crippen molar-refractivity contribution in [1.29, 1.82) is 0 Å². The van der Waals surface area contributed by atoms with Gasteiger partial charge in [0.1, 0.15) is 0 Å². The molecule has 11 nitrogen and oxygen atoms in total. The van der Waals surface area contributed by atoms with E-state index in [0.717, 1.165) is 49.9 Å². The maximum absolute atomic E-state index is 11.7. The van der Waals surface area contributed by atoms with Gasteiger partial charge in [-0.1, -0.05) is 12.8 Å². The lowest BCUT2D eigenvalue weighted by Crippen LogP contribution is -2.44. The van der Waals surface area contributed by atoms with Crippen molar-refractivity contribution in [3.63, 3.8) is 0 Å². The molecule has 0 bridgehead atoms. The molecular weight excluding hydrogens is 673 g/mol. The van der Waals surface area contributed by atoms with Gasteiger partial charge in [0.2, 0.25) is 0 Å². The number of hydrogen-bond acceptors (Lipinski definition) is 11. The lowest BCUT2D eigenvalue weighted by Gasteiger charge is -2.34. The van der Waals surface area contributed by atoms with Crippen molar-refractivity contribution in [2.24, 2.45) is 11.8 Å². The minimum atomic E-state index is -1.85. The topological polar surface area (TPSA) is 133 Å². The Kier molecular flexibility index (Phi) is 17.9. The fourth-order valence-electron chi connectivity index (χ4n) is 6.47. The van der Waals surface area contributed by atoms with E-state index in [-0.39, 0.29) is 36.6 Å². The van der Waals surface area contributed by atoms with Crippen LogP contribution in [0.15, 0.2) is 0 Å². The monoisotopic (exact) mass is 734 g/mol. The van der Waals surface area contributed by atoms with E-state index in [9.17, 15) is 19.2 Å². The summed E-state index contributed by atoms with van der Waals surface area (Å²) in [6, 6.07) is 4.02. The van der Waals surface area contributed by atoms with Crippen LogP contribution in [0.1, 0.15) is 51.4 Å². The highest BCUT2D eigenvalue weighted by Gasteiger charge is 2.37. The molecule has 0 aromatic rings. The molecule has 2 heterocycles. The van der Waals surface area contributed by atoms with Crippen molar-refractivity contribution in [1.82, 2.24) is 0 Å². The average molecular weight is 735 g/mol. The first-order valence-corrected chi connectivity index (χ1v) is 30.0. The van der Waals surface area contributed by atoms with Gasteiger partial charge in [0, 0.05) is 13.2 Å². The maximum atomic E-state index is 11.7. The number of carbonyl (C=O) groups excluding carboxylic acids is 4. The minimum Gasteiger partial charge on any atom is -0.455 e. The zero-order valence-corrected chi connectivity index (χ0v) is 34.4. The lowest BCUT2D eigenvalue weighted by atomic mass is 10.0. The van der Waals surface area contributed by atoms with Crippen LogP contribution in [0.25, 0.3) is 0 Å². The highest BCUT2D eigenvalue weighted by Crippen LogP contribution is 2.29. The van der Waals surface area contributed by atoms with E-state index in [1.807, 2.05) is 0 Å². The second-order valence-corrected chi connectivity index (χ2v) is 33.2. The van der Waals surface area contributed by atoms with Crippen LogP contribution in [0.4, 0.5) is 0 Å². The van der Waals surface area contributed by atoms with Crippen LogP contribution in [0.2, 0.25) is 76.6 Å². The number of rotatable bonds is 26. The summed E-state index contributed by atoms with van der Waals surface area (Å²) in [5.41, 5.74) is 0. The molecule has 0 spiro atoms. The van der Waals surface area contributed by atoms with E-state index < -0.39 is 45.2 Å². The van der Waals surface area contributed by atoms with Crippen molar-refractivity contribution in [2.45, 2.75) is 128 Å². The Morgan fingerprint density at radius 2 is 0.787 bits per heavy atom. The molecule has 2 aliphatic rings. The number of ether oxygens (including phenoxy) is 5. The predicted octanol–water partition coefficient (Wildman–Crippen LogP) is 6.41. The van der Waals surface area contributed by atoms with Gasteiger partial charge in [-0.3, -0.25) is 19.2 Å². The summed E-state index contributed by atoms with van der Waals surface area (Å²) in [7, 11) is -7.35. The second kappa shape index (κ2) is 20.0. The summed E-state index contributed by atoms with van der Waals surface area (Å²) in [6.07, 6.45) is 5.52. The SMILES string of the molecule is C[Si](C)(CCCOCCOCCOCCC[Si](C)(C)O[Si](C)(C)CCCC1CC(=O)OC1=O)O[Si](C)(C)CCCC1CC(=O)OC1=O. The average Bonchev–Trinajstić information content (AvgIpc) is 3.42. The lowest BCUT2D eigenvalue weighted by molar-refractivity contribution is -0.155. The van der Waals surface area contributed by atoms with Crippen molar-refractivity contribution in [2.75, 3.05) is 39.6 Å². The molecule has 0 saturated carbocycles. The summed E-state index contributed by atoms with van der Waals surface area (Å²) in [4.78, 5) is 45.9. The zero-order valence-electron chi connectivity index (χ0n) is 30.4. The third kappa shape index (κ3) is 18.5. The maximum Gasteiger partial charge on any atom is 0.317 e. The molecule has 2 fully saturated rings. The standard InChI is InChI=1S/C32H62O11Si4/c1-44(2,21-9-13-27-25-29(33)40-31(27)35)42-46(5,6)23-11-15-37-17-19-39-20-18-38-16-12-24-47(7,8)43-45(3,4)22-10-14-28-26-30(34)41-32(28)36/h27-28H,9-26H2,1-8H3. The molecule has 0 amide bonds. The fraction of sp³-hybridized carbons (Fsp3) is 0.875. The third-order valence-electron chi connectivity index (χ3n) is 8.57. The number of carbonyl (C=O) groups is 4. The quantitative estimate of drug-likeness (QED) is 0.0423. The van der Waals surface area contributed by atoms with E-state index >= 15 is 0 Å². The molecule has 0 aromatic heterocycles. The van der Waals surface area contributed by atoms with Gasteiger partial charge in [0.25, 0.3) is 0 Å². The third-order valence-corrected chi connectivity index (χ3v) is 23.6. The molecule has 15 heteroatoms. The van der Waals surface area contributed by atoms with E-state index in [0.29, 0.717) is 52.5 Å². The highest BCUT2D eigenvalue weighted by atomic mass is 28.4. The summed E-state index contributed by atoms with van der Waals surface area (Å²) >= 11 is 0. The summed E-state index contributed by atoms with van der Waals surface area (Å²) in [5.74, 6) is -2.09. The Morgan fingerprint density at radius 1 is 0.489 bits per heavy atom. The van der Waals surface area contributed by atoms with Crippen molar-refractivity contribution in [3.05, 3.63) is 0 Å². The van der Waals surface area contributed by atoms with Crippen LogP contribution in [0, 0.1) is 11.8 Å². The van der Waals surface area contributed by atoms with Crippen molar-refractivity contribution in [3.8, 4) is 0 Å². The van der Waals surface area contributed by atoms with Crippen molar-refractivity contribution < 1.29 is 51.1 Å². The summed E-state index contributed by atoms with van der Waals surface area (Å²) < 4.78 is 39.9. The van der Waals surface area contributed by atoms with Gasteiger partial charge in [-0.15, -0.1) is 0 Å². The van der Waals surface area contributed by atoms with Gasteiger partial charge in [-0.25, -0.2) is 0 Å². The van der Waals surface area contributed by atoms with Crippen LogP contribution in [-0.4, -0.2) is 96.8 Å². The molecule has 2 aliphatic heterocycles. The van der Waals surface area contributed by atoms with E-state index in [2.05, 4.69) is 61.8 Å². The molecular formula is C32H62O11Si4. The van der Waals surface area contributed by atoms with Gasteiger partial charge in [-0.2, -0.15) is 0 Å². The van der Waals surface area contributed by atoms with Crippen molar-refractivity contribution >= 4 is 57.1 Å². The first-order valence-electron chi connectivity index (χ1n) is 17.5. The Morgan fingerprint density at radius 3 is 1.09 bits per heavy atom. The first-order chi connectivity index (χ1) is 21.9. The molecule has 0 radical (unpaired) electrons. The minimum absolute atomic E-state index is 0.218. The molecule has 2 unspecified atom stereocenters. The molecule has 0 N–H and O–H groups in total. The number of esters is 4.